The van der Waals surface area contributed by atoms with Crippen LogP contribution >= 0.6 is 23.5 Å². The molecule has 0 bridgehead atoms. The first-order chi connectivity index (χ1) is 15.7. The summed E-state index contributed by atoms with van der Waals surface area (Å²) >= 11 is 3.44. The number of hydrogen-bond donors (Lipinski definition) is 3. The molecule has 2 heterocycles. The summed E-state index contributed by atoms with van der Waals surface area (Å²) in [6.45, 7) is 1.38. The summed E-state index contributed by atoms with van der Waals surface area (Å²) in [5.41, 5.74) is 4.18. The molecule has 170 valence electrons. The molecule has 0 spiro atoms. The van der Waals surface area contributed by atoms with E-state index in [2.05, 4.69) is 74.8 Å². The highest BCUT2D eigenvalue weighted by Crippen LogP contribution is 2.48. The van der Waals surface area contributed by atoms with E-state index in [4.69, 9.17) is 4.99 Å². The number of aliphatic imine (C=N–C) groups is 2. The number of benzene rings is 1. The number of hydrazine groups is 1. The van der Waals surface area contributed by atoms with Gasteiger partial charge in [0.1, 0.15) is 6.67 Å². The van der Waals surface area contributed by atoms with Crippen LogP contribution in [0.4, 0.5) is 5.69 Å². The molecule has 9 heteroatoms. The van der Waals surface area contributed by atoms with Crippen molar-refractivity contribution in [1.82, 2.24) is 15.8 Å². The Morgan fingerprint density at radius 1 is 1.41 bits per heavy atom. The van der Waals surface area contributed by atoms with Crippen molar-refractivity contribution in [3.8, 4) is 6.07 Å². The van der Waals surface area contributed by atoms with Crippen molar-refractivity contribution < 1.29 is 1.43 Å². The Labute approximate surface area is 200 Å². The van der Waals surface area contributed by atoms with Crippen molar-refractivity contribution in [3.63, 3.8) is 0 Å². The van der Waals surface area contributed by atoms with Crippen LogP contribution in [0.3, 0.4) is 0 Å². The Kier molecular flexibility index (Phi) is 7.45. The molecule has 3 N–H and O–H groups in total. The Hall–Kier alpha value is -2.41. The first-order valence-electron chi connectivity index (χ1n) is 10.8. The molecule has 1 unspecified atom stereocenters. The van der Waals surface area contributed by atoms with Gasteiger partial charge in [0.05, 0.1) is 23.1 Å². The molecule has 0 radical (unpaired) electrons. The van der Waals surface area contributed by atoms with Crippen LogP contribution in [0.1, 0.15) is 27.1 Å². The molecule has 1 fully saturated rings. The van der Waals surface area contributed by atoms with E-state index in [1.54, 1.807) is 30.6 Å². The van der Waals surface area contributed by atoms with E-state index < -0.39 is 0 Å². The summed E-state index contributed by atoms with van der Waals surface area (Å²) in [5, 5.41) is 19.4. The number of nitriles is 1. The normalized spacial score (nSPS) is 23.6. The van der Waals surface area contributed by atoms with Crippen LogP contribution in [0.25, 0.3) is 0 Å². The first-order valence-corrected chi connectivity index (χ1v) is 12.8. The smallest absolute Gasteiger partial charge is 0.210 e. The number of thioether (sulfide) groups is 2. The third-order valence-corrected chi connectivity index (χ3v) is 7.74. The maximum atomic E-state index is 9.60. The lowest BCUT2D eigenvalue weighted by Crippen LogP contribution is -2.62. The van der Waals surface area contributed by atoms with Gasteiger partial charge in [-0.1, -0.05) is 17.8 Å². The summed E-state index contributed by atoms with van der Waals surface area (Å²) < 4.78 is 0. The number of guanidine groups is 1. The largest absolute Gasteiger partial charge is 0.387 e. The number of hydrogen-bond acceptors (Lipinski definition) is 7. The highest BCUT2D eigenvalue weighted by Gasteiger charge is 2.51. The predicted molar refractivity (Wildman–Crippen MR) is 138 cm³/mol. The van der Waals surface area contributed by atoms with Gasteiger partial charge < -0.3 is 10.6 Å². The number of anilines is 1. The molecular weight excluding hydrogens is 438 g/mol. The standard InChI is InChI=1S/C23H29N7S2.H2/c1-25-22(28-18-5-7-19(8-6-18)32-20-9-13-26-14-10-20)29-30-16-27-21(31-2)15-23(30,11-12-24)17-3-4-17;/h5-10,13,17,26H,3-4,11,14-16H2,1-2H3,(H2,25,28,29);1H. The summed E-state index contributed by atoms with van der Waals surface area (Å²) in [7, 11) is 1.76. The maximum Gasteiger partial charge on any atom is 0.210 e. The number of dihydropyridines is 1. The van der Waals surface area contributed by atoms with E-state index in [1.807, 2.05) is 6.20 Å². The van der Waals surface area contributed by atoms with Gasteiger partial charge in [-0.15, -0.1) is 11.8 Å². The second kappa shape index (κ2) is 10.5. The van der Waals surface area contributed by atoms with Crippen molar-refractivity contribution in [3.05, 3.63) is 47.5 Å². The van der Waals surface area contributed by atoms with Crippen molar-refractivity contribution in [1.29, 1.82) is 5.26 Å². The lowest BCUT2D eigenvalue weighted by Gasteiger charge is -2.45. The zero-order chi connectivity index (χ0) is 22.4. The SMILES string of the molecule is CN=C(Nc1ccc(SC2=CCNC=C2)cc1)NN1CN=C(SC)CC1(CC#N)C1CC1.[HH]. The summed E-state index contributed by atoms with van der Waals surface area (Å²) in [4.78, 5) is 11.6. The predicted octanol–water partition coefficient (Wildman–Crippen LogP) is 4.41. The minimum absolute atomic E-state index is 0. The Bertz CT molecular complexity index is 980. The van der Waals surface area contributed by atoms with Gasteiger partial charge in [-0.2, -0.15) is 10.3 Å². The fourth-order valence-electron chi connectivity index (χ4n) is 4.06. The molecule has 1 aromatic carbocycles. The molecule has 1 atom stereocenters. The lowest BCUT2D eigenvalue weighted by atomic mass is 9.85. The fourth-order valence-corrected chi connectivity index (χ4v) is 5.49. The van der Waals surface area contributed by atoms with Crippen molar-refractivity contribution in [2.24, 2.45) is 15.9 Å². The Morgan fingerprint density at radius 2 is 2.22 bits per heavy atom. The second-order valence-electron chi connectivity index (χ2n) is 8.00. The molecule has 1 aliphatic carbocycles. The number of allylic oxidation sites excluding steroid dienone is 1. The van der Waals surface area contributed by atoms with Crippen LogP contribution in [0.2, 0.25) is 0 Å². The molecule has 32 heavy (non-hydrogen) atoms. The topological polar surface area (TPSA) is 87.8 Å². The molecular formula is C23H31N7S2. The van der Waals surface area contributed by atoms with Gasteiger partial charge in [0.15, 0.2) is 0 Å². The second-order valence-corrected chi connectivity index (χ2v) is 10.0. The highest BCUT2D eigenvalue weighted by atomic mass is 32.2. The van der Waals surface area contributed by atoms with Gasteiger partial charge in [-0.05, 0) is 61.6 Å². The molecule has 1 aromatic rings. The zero-order valence-electron chi connectivity index (χ0n) is 18.5. The summed E-state index contributed by atoms with van der Waals surface area (Å²) in [6.07, 6.45) is 11.9. The quantitative estimate of drug-likeness (QED) is 0.420. The molecule has 2 aliphatic heterocycles. The van der Waals surface area contributed by atoms with Crippen molar-refractivity contribution in [2.75, 3.05) is 31.8 Å². The Balaban J connectivity index is 0.00000306. The van der Waals surface area contributed by atoms with Crippen molar-refractivity contribution in [2.45, 2.75) is 36.1 Å². The van der Waals surface area contributed by atoms with Gasteiger partial charge in [0.25, 0.3) is 0 Å². The van der Waals surface area contributed by atoms with Gasteiger partial charge in [0.2, 0.25) is 5.96 Å². The lowest BCUT2D eigenvalue weighted by molar-refractivity contribution is 0.0433. The molecule has 7 nitrogen and oxygen atoms in total. The molecule has 0 saturated heterocycles. The van der Waals surface area contributed by atoms with Crippen LogP contribution < -0.4 is 16.1 Å². The van der Waals surface area contributed by atoms with E-state index >= 15 is 0 Å². The summed E-state index contributed by atoms with van der Waals surface area (Å²) in [5.74, 6) is 1.17. The minimum atomic E-state index is -0.233. The van der Waals surface area contributed by atoms with Crippen molar-refractivity contribution >= 4 is 40.2 Å². The highest BCUT2D eigenvalue weighted by molar-refractivity contribution is 8.13. The molecule has 0 aromatic heterocycles. The monoisotopic (exact) mass is 469 g/mol. The average molecular weight is 470 g/mol. The van der Waals surface area contributed by atoms with Gasteiger partial charge in [-0.25, -0.2) is 0 Å². The minimum Gasteiger partial charge on any atom is -0.387 e. The molecule has 3 aliphatic rings. The van der Waals surface area contributed by atoms with Crippen LogP contribution in [-0.2, 0) is 0 Å². The third-order valence-electron chi connectivity index (χ3n) is 5.95. The number of rotatable bonds is 6. The fraction of sp³-hybridized carbons (Fsp3) is 0.435. The van der Waals surface area contributed by atoms with Gasteiger partial charge in [0, 0.05) is 36.9 Å². The van der Waals surface area contributed by atoms with E-state index in [1.165, 1.54) is 9.80 Å². The van der Waals surface area contributed by atoms with Crippen LogP contribution in [0, 0.1) is 17.2 Å². The first kappa shape index (κ1) is 22.8. The molecule has 0 amide bonds. The summed E-state index contributed by atoms with van der Waals surface area (Å²) in [6, 6.07) is 10.8. The van der Waals surface area contributed by atoms with Crippen LogP contribution in [-0.4, -0.2) is 48.1 Å². The van der Waals surface area contributed by atoms with E-state index in [0.29, 0.717) is 25.0 Å². The third kappa shape index (κ3) is 5.31. The maximum absolute atomic E-state index is 9.60. The number of nitrogens with one attached hydrogen (secondary N) is 3. The average Bonchev–Trinajstić information content (AvgIpc) is 3.68. The number of nitrogens with zero attached hydrogens (tertiary/aromatic N) is 4. The van der Waals surface area contributed by atoms with Crippen LogP contribution in [0.5, 0.6) is 0 Å². The van der Waals surface area contributed by atoms with E-state index in [0.717, 1.165) is 36.5 Å². The zero-order valence-corrected chi connectivity index (χ0v) is 20.1. The van der Waals surface area contributed by atoms with E-state index in [9.17, 15) is 5.26 Å². The molecule has 4 rings (SSSR count). The Morgan fingerprint density at radius 3 is 2.84 bits per heavy atom. The molecule has 1 saturated carbocycles. The van der Waals surface area contributed by atoms with Gasteiger partial charge >= 0.3 is 0 Å². The van der Waals surface area contributed by atoms with E-state index in [-0.39, 0.29) is 6.97 Å². The van der Waals surface area contributed by atoms with Gasteiger partial charge in [-0.3, -0.25) is 15.4 Å². The van der Waals surface area contributed by atoms with Crippen LogP contribution in [0.15, 0.2) is 62.4 Å².